The molecule has 5 aliphatic rings. The van der Waals surface area contributed by atoms with Crippen LogP contribution in [0, 0.1) is 45.8 Å². The number of unbranched alkanes of at least 4 members (excludes halogenated alkanes) is 1. The molecular weight excluding hydrogens is 412 g/mol. The molecule has 178 valence electrons. The Morgan fingerprint density at radius 2 is 1.81 bits per heavy atom. The quantitative estimate of drug-likeness (QED) is 0.372. The van der Waals surface area contributed by atoms with Crippen LogP contribution in [0.2, 0.25) is 0 Å². The van der Waals surface area contributed by atoms with E-state index in [0.717, 1.165) is 25.9 Å². The summed E-state index contributed by atoms with van der Waals surface area (Å²) in [6.07, 6.45) is 12.1. The van der Waals surface area contributed by atoms with Crippen molar-refractivity contribution in [2.24, 2.45) is 45.8 Å². The molecule has 0 N–H and O–H groups in total. The zero-order chi connectivity index (χ0) is 23.1. The van der Waals surface area contributed by atoms with Crippen molar-refractivity contribution in [1.82, 2.24) is 0 Å². The first-order valence-electron chi connectivity index (χ1n) is 13.2. The van der Waals surface area contributed by atoms with Gasteiger partial charge in [-0.3, -0.25) is 4.79 Å². The van der Waals surface area contributed by atoms with Gasteiger partial charge in [0.25, 0.3) is 0 Å². The Hall–Kier alpha value is -0.540. The first kappa shape index (κ1) is 23.2. The number of hydrogen-bond acceptors (Lipinski definition) is 3. The van der Waals surface area contributed by atoms with Gasteiger partial charge < -0.3 is 4.74 Å². The number of carbonyl (C=O) groups is 1. The van der Waals surface area contributed by atoms with E-state index < -0.39 is 0 Å². The number of hydrogen-bond donors (Lipinski definition) is 0. The summed E-state index contributed by atoms with van der Waals surface area (Å²) in [7, 11) is 0. The second-order valence-electron chi connectivity index (χ2n) is 13.5. The molecule has 5 aliphatic carbocycles. The minimum absolute atomic E-state index is 0.174. The summed E-state index contributed by atoms with van der Waals surface area (Å²) in [5.74, 6) is 2.97. The lowest BCUT2D eigenvalue weighted by Gasteiger charge is -2.41. The highest BCUT2D eigenvalue weighted by Crippen LogP contribution is 2.71. The van der Waals surface area contributed by atoms with Gasteiger partial charge in [-0.2, -0.15) is 0 Å². The number of rotatable bonds is 7. The van der Waals surface area contributed by atoms with E-state index in [0.29, 0.717) is 34.7 Å². The third kappa shape index (κ3) is 3.27. The molecule has 8 atom stereocenters. The molecule has 0 aromatic heterocycles. The summed E-state index contributed by atoms with van der Waals surface area (Å²) in [4.78, 5) is 15.1. The van der Waals surface area contributed by atoms with E-state index in [1.165, 1.54) is 29.7 Å². The molecule has 2 nitrogen and oxygen atoms in total. The molecule has 3 heteroatoms. The van der Waals surface area contributed by atoms with Crippen molar-refractivity contribution in [3.8, 4) is 0 Å². The maximum absolute atomic E-state index is 13.6. The molecule has 0 aliphatic heterocycles. The van der Waals surface area contributed by atoms with Crippen LogP contribution >= 0.6 is 11.8 Å². The average Bonchev–Trinajstić information content (AvgIpc) is 3.45. The van der Waals surface area contributed by atoms with Gasteiger partial charge in [0.15, 0.2) is 5.78 Å². The Balaban J connectivity index is 1.49. The summed E-state index contributed by atoms with van der Waals surface area (Å²) in [6, 6.07) is 0. The van der Waals surface area contributed by atoms with Crippen molar-refractivity contribution in [3.05, 3.63) is 22.6 Å². The topological polar surface area (TPSA) is 26.3 Å². The Morgan fingerprint density at radius 1 is 1.12 bits per heavy atom. The third-order valence-corrected chi connectivity index (χ3v) is 11.7. The van der Waals surface area contributed by atoms with Crippen LogP contribution in [0.15, 0.2) is 22.6 Å². The molecule has 0 aromatic rings. The Bertz CT molecular complexity index is 846. The van der Waals surface area contributed by atoms with Crippen LogP contribution in [0.3, 0.4) is 0 Å². The van der Waals surface area contributed by atoms with Crippen LogP contribution in [0.4, 0.5) is 0 Å². The normalized spacial score (nSPS) is 43.7. The van der Waals surface area contributed by atoms with Gasteiger partial charge in [-0.1, -0.05) is 67.0 Å². The maximum atomic E-state index is 13.6. The van der Waals surface area contributed by atoms with E-state index >= 15 is 0 Å². The fraction of sp³-hybridized carbons (Fsp3) is 0.828. The molecule has 0 radical (unpaired) electrons. The fourth-order valence-electron chi connectivity index (χ4n) is 7.94. The van der Waals surface area contributed by atoms with Crippen molar-refractivity contribution in [3.63, 3.8) is 0 Å². The van der Waals surface area contributed by atoms with E-state index in [1.807, 2.05) is 0 Å². The number of fused-ring (bicyclic) bond motifs is 7. The number of Topliss-reactive ketones (excluding diaryl/α,β-unsaturated/α-hetero) is 1. The molecule has 2 unspecified atom stereocenters. The van der Waals surface area contributed by atoms with Crippen LogP contribution in [0.25, 0.3) is 0 Å². The number of ketones is 1. The molecule has 0 saturated heterocycles. The first-order valence-corrected chi connectivity index (χ1v) is 14.1. The lowest BCUT2D eigenvalue weighted by molar-refractivity contribution is -0.119. The molecular formula is C29H44O2S. The highest BCUT2D eigenvalue weighted by atomic mass is 32.2. The van der Waals surface area contributed by atoms with Gasteiger partial charge >= 0.3 is 0 Å². The molecule has 3 saturated carbocycles. The Labute approximate surface area is 200 Å². The molecule has 0 heterocycles. The zero-order valence-electron chi connectivity index (χ0n) is 21.4. The maximum Gasteiger partial charge on any atom is 0.163 e. The smallest absolute Gasteiger partial charge is 0.163 e. The van der Waals surface area contributed by atoms with E-state index in [9.17, 15) is 4.79 Å². The van der Waals surface area contributed by atoms with Crippen LogP contribution in [-0.2, 0) is 9.53 Å². The molecule has 3 fully saturated rings. The highest BCUT2D eigenvalue weighted by molar-refractivity contribution is 8.03. The lowest BCUT2D eigenvalue weighted by atomic mass is 9.70. The van der Waals surface area contributed by atoms with Crippen molar-refractivity contribution < 1.29 is 9.53 Å². The summed E-state index contributed by atoms with van der Waals surface area (Å²) >= 11 is 2.12. The standard InChI is InChI=1S/C29H44O2S/c1-8-9-10-19-23(30)21-17-11-12-18(15-17)22(21)24(19)32-25-20-13-14-29(7,28(20,5)6)26(25)31-16-27(2,3)4/h11-12,17-18,20-22,25-26H,8-10,13-16H2,1-7H3/t17-,18+,20-,21?,22?,25-,26-,29+/m1/s1. The Kier molecular flexibility index (Phi) is 5.61. The molecule has 0 aromatic carbocycles. The van der Waals surface area contributed by atoms with Gasteiger partial charge in [0.2, 0.25) is 0 Å². The van der Waals surface area contributed by atoms with Crippen LogP contribution in [0.5, 0.6) is 0 Å². The zero-order valence-corrected chi connectivity index (χ0v) is 22.2. The monoisotopic (exact) mass is 456 g/mol. The highest BCUT2D eigenvalue weighted by Gasteiger charge is 2.68. The van der Waals surface area contributed by atoms with Gasteiger partial charge in [-0.25, -0.2) is 0 Å². The second kappa shape index (κ2) is 7.74. The van der Waals surface area contributed by atoms with Crippen LogP contribution in [0.1, 0.15) is 87.0 Å². The number of ether oxygens (including phenoxy) is 1. The van der Waals surface area contributed by atoms with Gasteiger partial charge in [0.05, 0.1) is 12.7 Å². The fourth-order valence-corrected chi connectivity index (χ4v) is 10.2. The van der Waals surface area contributed by atoms with Gasteiger partial charge in [0.1, 0.15) is 0 Å². The predicted octanol–water partition coefficient (Wildman–Crippen LogP) is 7.44. The largest absolute Gasteiger partial charge is 0.376 e. The average molecular weight is 457 g/mol. The molecule has 0 amide bonds. The van der Waals surface area contributed by atoms with E-state index in [1.54, 1.807) is 0 Å². The first-order chi connectivity index (χ1) is 15.0. The lowest BCUT2D eigenvalue weighted by Crippen LogP contribution is -2.42. The molecule has 4 bridgehead atoms. The van der Waals surface area contributed by atoms with Crippen LogP contribution < -0.4 is 0 Å². The van der Waals surface area contributed by atoms with Crippen molar-refractivity contribution in [2.45, 2.75) is 98.3 Å². The number of thioether (sulfide) groups is 1. The van der Waals surface area contributed by atoms with Gasteiger partial charge in [-0.05, 0) is 65.6 Å². The number of carbonyl (C=O) groups excluding carboxylic acids is 1. The molecule has 5 rings (SSSR count). The van der Waals surface area contributed by atoms with Gasteiger partial charge in [-0.15, -0.1) is 11.8 Å². The predicted molar refractivity (Wildman–Crippen MR) is 134 cm³/mol. The van der Waals surface area contributed by atoms with Gasteiger partial charge in [0, 0.05) is 28.1 Å². The van der Waals surface area contributed by atoms with Crippen molar-refractivity contribution in [2.75, 3.05) is 6.61 Å². The second-order valence-corrected chi connectivity index (χ2v) is 14.7. The van der Waals surface area contributed by atoms with E-state index in [4.69, 9.17) is 4.74 Å². The SMILES string of the molecule is CCCCC1=C(S[C@@H]2[C@H]3CC[C@@](C)([C@@H]2OCC(C)(C)C)C3(C)C)C2C(C1=O)[C@@H]1C=C[C@H]2C1. The van der Waals surface area contributed by atoms with E-state index in [-0.39, 0.29) is 28.3 Å². The van der Waals surface area contributed by atoms with E-state index in [2.05, 4.69) is 72.4 Å². The summed E-state index contributed by atoms with van der Waals surface area (Å²) in [6.45, 7) is 17.4. The molecule has 32 heavy (non-hydrogen) atoms. The summed E-state index contributed by atoms with van der Waals surface area (Å²) in [5.41, 5.74) is 1.90. The Morgan fingerprint density at radius 3 is 2.47 bits per heavy atom. The van der Waals surface area contributed by atoms with Crippen molar-refractivity contribution in [1.29, 1.82) is 0 Å². The number of allylic oxidation sites excluding steroid dienone is 4. The van der Waals surface area contributed by atoms with Crippen molar-refractivity contribution >= 4 is 17.5 Å². The minimum atomic E-state index is 0.174. The molecule has 0 spiro atoms. The summed E-state index contributed by atoms with van der Waals surface area (Å²) < 4.78 is 6.84. The summed E-state index contributed by atoms with van der Waals surface area (Å²) in [5, 5.41) is 0.479. The minimum Gasteiger partial charge on any atom is -0.376 e. The third-order valence-electron chi connectivity index (χ3n) is 10.1. The van der Waals surface area contributed by atoms with Crippen LogP contribution in [-0.4, -0.2) is 23.7 Å².